The summed E-state index contributed by atoms with van der Waals surface area (Å²) in [6, 6.07) is 4.45. The van der Waals surface area contributed by atoms with Crippen molar-refractivity contribution in [3.8, 4) is 17.0 Å². The zero-order valence-electron chi connectivity index (χ0n) is 20.3. The number of benzene rings is 1. The van der Waals surface area contributed by atoms with Crippen molar-refractivity contribution in [2.75, 3.05) is 32.8 Å². The maximum absolute atomic E-state index is 14.2. The molecular weight excluding hydrogens is 465 g/mol. The predicted molar refractivity (Wildman–Crippen MR) is 131 cm³/mol. The summed E-state index contributed by atoms with van der Waals surface area (Å²) in [5, 5.41) is 3.14. The molecule has 190 valence electrons. The van der Waals surface area contributed by atoms with Crippen LogP contribution < -0.4 is 10.1 Å². The van der Waals surface area contributed by atoms with Gasteiger partial charge in [0.2, 0.25) is 0 Å². The fraction of sp³-hybridized carbons (Fsp3) is 0.462. The third-order valence-corrected chi connectivity index (χ3v) is 6.88. The smallest absolute Gasteiger partial charge is 0.293 e. The second-order valence-corrected chi connectivity index (χ2v) is 9.52. The molecule has 0 radical (unpaired) electrons. The molecule has 9 nitrogen and oxygen atoms in total. The molecule has 2 N–H and O–H groups in total. The second-order valence-electron chi connectivity index (χ2n) is 9.52. The van der Waals surface area contributed by atoms with Gasteiger partial charge in [-0.15, -0.1) is 0 Å². The monoisotopic (exact) mass is 495 g/mol. The van der Waals surface area contributed by atoms with Crippen LogP contribution in [0.15, 0.2) is 24.5 Å². The van der Waals surface area contributed by atoms with Crippen LogP contribution in [0, 0.1) is 18.7 Å². The Morgan fingerprint density at radius 1 is 1.25 bits per heavy atom. The van der Waals surface area contributed by atoms with Crippen LogP contribution in [0.5, 0.6) is 5.75 Å². The minimum atomic E-state index is -0.388. The first kappa shape index (κ1) is 24.2. The van der Waals surface area contributed by atoms with Crippen molar-refractivity contribution in [2.24, 2.45) is 5.92 Å². The van der Waals surface area contributed by atoms with E-state index in [1.54, 1.807) is 6.07 Å². The summed E-state index contributed by atoms with van der Waals surface area (Å²) < 4.78 is 25.0. The van der Waals surface area contributed by atoms with E-state index in [1.165, 1.54) is 18.5 Å². The molecular formula is C26H30FN5O4. The van der Waals surface area contributed by atoms with Crippen LogP contribution in [-0.4, -0.2) is 71.1 Å². The lowest BCUT2D eigenvalue weighted by molar-refractivity contribution is -0.129. The molecule has 0 unspecified atom stereocenters. The van der Waals surface area contributed by atoms with E-state index in [-0.39, 0.29) is 17.8 Å². The van der Waals surface area contributed by atoms with Crippen LogP contribution in [0.4, 0.5) is 4.39 Å². The number of rotatable bonds is 10. The molecule has 2 aromatic heterocycles. The molecule has 2 fully saturated rings. The Bertz CT molecular complexity index is 1250. The number of carbonyl (C=O) groups excluding carboxylic acids is 2. The summed E-state index contributed by atoms with van der Waals surface area (Å²) in [4.78, 5) is 37.9. The largest absolute Gasteiger partial charge is 0.493 e. The lowest BCUT2D eigenvalue weighted by atomic mass is 10.0. The number of aromatic amines is 1. The van der Waals surface area contributed by atoms with Crippen LogP contribution in [0.1, 0.15) is 41.7 Å². The highest BCUT2D eigenvalue weighted by molar-refractivity contribution is 6.09. The second kappa shape index (κ2) is 10.6. The van der Waals surface area contributed by atoms with E-state index in [4.69, 9.17) is 9.47 Å². The number of piperidine rings is 1. The van der Waals surface area contributed by atoms with Gasteiger partial charge in [-0.1, -0.05) is 0 Å². The minimum Gasteiger partial charge on any atom is -0.493 e. The molecule has 0 spiro atoms. The van der Waals surface area contributed by atoms with Crippen LogP contribution in [0.25, 0.3) is 22.3 Å². The standard InChI is InChI=1S/C26H30FN5O4/c1-16-22(26(34)31-19-6-8-32(9-7-19)10-11-35-15-33)24-25(30-16)23(28-14-29-24)20-12-18(27)4-5-21(20)36-13-17-2-3-17/h4-5,12,14-15,17,19,30H,2-3,6-11,13H2,1H3,(H,31,34). The molecule has 1 saturated carbocycles. The lowest BCUT2D eigenvalue weighted by Gasteiger charge is -2.32. The summed E-state index contributed by atoms with van der Waals surface area (Å²) >= 11 is 0. The van der Waals surface area contributed by atoms with E-state index in [0.29, 0.717) is 71.4 Å². The number of halogens is 1. The maximum Gasteiger partial charge on any atom is 0.293 e. The number of nitrogens with zero attached hydrogens (tertiary/aromatic N) is 3. The van der Waals surface area contributed by atoms with Gasteiger partial charge in [-0.05, 0) is 56.7 Å². The number of aromatic nitrogens is 3. The number of amides is 1. The van der Waals surface area contributed by atoms with E-state index < -0.39 is 0 Å². The summed E-state index contributed by atoms with van der Waals surface area (Å²) in [7, 11) is 0. The third-order valence-electron chi connectivity index (χ3n) is 6.88. The van der Waals surface area contributed by atoms with E-state index in [2.05, 4.69) is 25.2 Å². The molecule has 10 heteroatoms. The number of carbonyl (C=O) groups is 2. The average molecular weight is 496 g/mol. The van der Waals surface area contributed by atoms with Crippen LogP contribution >= 0.6 is 0 Å². The minimum absolute atomic E-state index is 0.0389. The number of likely N-dealkylation sites (tertiary alicyclic amines) is 1. The Labute approximate surface area is 208 Å². The number of aryl methyl sites for hydroxylation is 1. The van der Waals surface area contributed by atoms with Gasteiger partial charge in [0.1, 0.15) is 35.7 Å². The molecule has 1 saturated heterocycles. The molecule has 1 aliphatic heterocycles. The van der Waals surface area contributed by atoms with Crippen molar-refractivity contribution in [3.05, 3.63) is 41.6 Å². The van der Waals surface area contributed by atoms with Gasteiger partial charge in [0.05, 0.1) is 17.7 Å². The number of hydrogen-bond acceptors (Lipinski definition) is 7. The van der Waals surface area contributed by atoms with Gasteiger partial charge in [0, 0.05) is 36.9 Å². The predicted octanol–water partition coefficient (Wildman–Crippen LogP) is 3.23. The van der Waals surface area contributed by atoms with Crippen molar-refractivity contribution in [1.82, 2.24) is 25.2 Å². The summed E-state index contributed by atoms with van der Waals surface area (Å²) in [6.07, 6.45) is 5.31. The average Bonchev–Trinajstić information content (AvgIpc) is 3.64. The molecule has 1 aromatic carbocycles. The molecule has 2 aliphatic rings. The van der Waals surface area contributed by atoms with Crippen molar-refractivity contribution in [2.45, 2.75) is 38.6 Å². The fourth-order valence-electron chi connectivity index (χ4n) is 4.70. The van der Waals surface area contributed by atoms with Crippen LogP contribution in [0.3, 0.4) is 0 Å². The van der Waals surface area contributed by atoms with Crippen LogP contribution in [0.2, 0.25) is 0 Å². The summed E-state index contributed by atoms with van der Waals surface area (Å²) in [6.45, 7) is 5.56. The molecule has 5 rings (SSSR count). The van der Waals surface area contributed by atoms with E-state index >= 15 is 0 Å². The first-order chi connectivity index (χ1) is 17.5. The molecule has 1 amide bonds. The molecule has 3 aromatic rings. The summed E-state index contributed by atoms with van der Waals surface area (Å²) in [5.41, 5.74) is 3.24. The normalized spacial score (nSPS) is 16.7. The lowest BCUT2D eigenvalue weighted by Crippen LogP contribution is -2.45. The molecule has 0 atom stereocenters. The molecule has 3 heterocycles. The zero-order valence-corrected chi connectivity index (χ0v) is 20.3. The van der Waals surface area contributed by atoms with Gasteiger partial charge in [-0.3, -0.25) is 14.5 Å². The van der Waals surface area contributed by atoms with Crippen molar-refractivity contribution < 1.29 is 23.5 Å². The van der Waals surface area contributed by atoms with Crippen molar-refractivity contribution in [1.29, 1.82) is 0 Å². The topological polar surface area (TPSA) is 109 Å². The first-order valence-corrected chi connectivity index (χ1v) is 12.4. The van der Waals surface area contributed by atoms with Gasteiger partial charge in [0.15, 0.2) is 0 Å². The quantitative estimate of drug-likeness (QED) is 0.328. The Morgan fingerprint density at radius 3 is 2.81 bits per heavy atom. The number of fused-ring (bicyclic) bond motifs is 1. The van der Waals surface area contributed by atoms with Gasteiger partial charge in [-0.25, -0.2) is 14.4 Å². The van der Waals surface area contributed by atoms with Gasteiger partial charge < -0.3 is 19.8 Å². The number of H-pyrrole nitrogens is 1. The van der Waals surface area contributed by atoms with Gasteiger partial charge in [-0.2, -0.15) is 0 Å². The van der Waals surface area contributed by atoms with Gasteiger partial charge >= 0.3 is 0 Å². The number of ether oxygens (including phenoxy) is 2. The first-order valence-electron chi connectivity index (χ1n) is 12.4. The van der Waals surface area contributed by atoms with E-state index in [0.717, 1.165) is 38.8 Å². The third kappa shape index (κ3) is 5.33. The van der Waals surface area contributed by atoms with Gasteiger partial charge in [0.25, 0.3) is 12.4 Å². The number of hydrogen-bond donors (Lipinski definition) is 2. The highest BCUT2D eigenvalue weighted by Crippen LogP contribution is 2.36. The maximum atomic E-state index is 14.2. The Hall–Kier alpha value is -3.53. The highest BCUT2D eigenvalue weighted by atomic mass is 19.1. The van der Waals surface area contributed by atoms with Crippen molar-refractivity contribution >= 4 is 23.4 Å². The SMILES string of the molecule is Cc1[nH]c2c(-c3cc(F)ccc3OCC3CC3)ncnc2c1C(=O)NC1CCN(CCOC=O)CC1. The number of nitrogens with one attached hydrogen (secondary N) is 2. The van der Waals surface area contributed by atoms with Crippen molar-refractivity contribution in [3.63, 3.8) is 0 Å². The molecule has 0 bridgehead atoms. The highest BCUT2D eigenvalue weighted by Gasteiger charge is 2.26. The van der Waals surface area contributed by atoms with E-state index in [1.807, 2.05) is 6.92 Å². The Morgan fingerprint density at radius 2 is 2.06 bits per heavy atom. The molecule has 1 aliphatic carbocycles. The van der Waals surface area contributed by atoms with Crippen LogP contribution in [-0.2, 0) is 9.53 Å². The van der Waals surface area contributed by atoms with E-state index in [9.17, 15) is 14.0 Å². The Kier molecular flexibility index (Phi) is 7.13. The zero-order chi connectivity index (χ0) is 25.1. The Balaban J connectivity index is 1.35. The molecule has 36 heavy (non-hydrogen) atoms. The summed E-state index contributed by atoms with van der Waals surface area (Å²) in [5.74, 6) is 0.524. The fourth-order valence-corrected chi connectivity index (χ4v) is 4.70.